The number of nitrogens with zero attached hydrogens (tertiary/aromatic N) is 3. The summed E-state index contributed by atoms with van der Waals surface area (Å²) in [5, 5.41) is 14.8. The van der Waals surface area contributed by atoms with Crippen molar-refractivity contribution in [2.45, 2.75) is 52.4 Å². The molecule has 0 saturated carbocycles. The van der Waals surface area contributed by atoms with Gasteiger partial charge in [-0.3, -0.25) is 0 Å². The van der Waals surface area contributed by atoms with E-state index in [1.807, 2.05) is 36.4 Å². The zero-order chi connectivity index (χ0) is 35.1. The zero-order valence-corrected chi connectivity index (χ0v) is 29.1. The average Bonchev–Trinajstić information content (AvgIpc) is 3.58. The molecule has 0 amide bonds. The van der Waals surface area contributed by atoms with Crippen molar-refractivity contribution >= 4 is 43.6 Å². The number of fused-ring (bicyclic) bond motifs is 6. The Morgan fingerprint density at radius 2 is 0.920 bits per heavy atom. The third kappa shape index (κ3) is 4.98. The molecule has 0 unspecified atom stereocenters. The molecule has 50 heavy (non-hydrogen) atoms. The second-order valence-electron chi connectivity index (χ2n) is 15.3. The maximum atomic E-state index is 15.2. The summed E-state index contributed by atoms with van der Waals surface area (Å²) in [6.45, 7) is 13.2. The minimum atomic E-state index is -0.671. The Morgan fingerprint density at radius 3 is 1.34 bits per heavy atom. The molecule has 0 radical (unpaired) electrons. The lowest BCUT2D eigenvalue weighted by Gasteiger charge is -2.22. The third-order valence-electron chi connectivity index (χ3n) is 9.94. The quantitative estimate of drug-likeness (QED) is 0.186. The monoisotopic (exact) mass is 657 g/mol. The Morgan fingerprint density at radius 1 is 0.500 bits per heavy atom. The van der Waals surface area contributed by atoms with Gasteiger partial charge < -0.3 is 9.13 Å². The van der Waals surface area contributed by atoms with E-state index in [4.69, 9.17) is 0 Å². The van der Waals surface area contributed by atoms with Crippen LogP contribution in [-0.2, 0) is 10.8 Å². The van der Waals surface area contributed by atoms with Gasteiger partial charge in [-0.15, -0.1) is 0 Å². The fraction of sp³-hybridized carbons (Fsp3) is 0.178. The lowest BCUT2D eigenvalue weighted by Crippen LogP contribution is -2.10. The Hall–Kier alpha value is -5.73. The largest absolute Gasteiger partial charge is 0.308 e. The molecule has 6 aromatic carbocycles. The summed E-state index contributed by atoms with van der Waals surface area (Å²) >= 11 is 0. The van der Waals surface area contributed by atoms with Crippen molar-refractivity contribution in [1.29, 1.82) is 5.26 Å². The highest BCUT2D eigenvalue weighted by molar-refractivity contribution is 6.12. The molecular formula is C45H37F2N3. The molecule has 0 aliphatic rings. The molecule has 0 spiro atoms. The van der Waals surface area contributed by atoms with Crippen LogP contribution in [0.2, 0.25) is 0 Å². The van der Waals surface area contributed by atoms with Gasteiger partial charge in [-0.05, 0) is 88.2 Å². The van der Waals surface area contributed by atoms with Gasteiger partial charge in [-0.1, -0.05) is 90.1 Å². The number of benzene rings is 6. The van der Waals surface area contributed by atoms with Gasteiger partial charge in [0.15, 0.2) is 0 Å². The van der Waals surface area contributed by atoms with E-state index in [0.717, 1.165) is 49.7 Å². The molecule has 2 aromatic heterocycles. The van der Waals surface area contributed by atoms with Crippen molar-refractivity contribution in [3.05, 3.63) is 144 Å². The Balaban J connectivity index is 1.57. The van der Waals surface area contributed by atoms with Crippen molar-refractivity contribution in [3.63, 3.8) is 0 Å². The number of halogens is 2. The van der Waals surface area contributed by atoms with Crippen molar-refractivity contribution in [1.82, 2.24) is 9.13 Å². The van der Waals surface area contributed by atoms with Crippen molar-refractivity contribution in [2.75, 3.05) is 0 Å². The van der Waals surface area contributed by atoms with Gasteiger partial charge in [0.05, 0.1) is 45.1 Å². The minimum Gasteiger partial charge on any atom is -0.308 e. The fourth-order valence-electron chi connectivity index (χ4n) is 7.42. The summed E-state index contributed by atoms with van der Waals surface area (Å²) in [6.07, 6.45) is 0. The molecule has 0 atom stereocenters. The SMILES string of the molecule is CC(C)(C)c1ccc2c(c1)c1ccccc1n2-c1cc(C#N)cc(-n2c3ccccc3c3cc(C(C)(C)C)ccc32)c1-c1cc(F)cc(F)c1. The van der Waals surface area contributed by atoms with E-state index in [9.17, 15) is 5.26 Å². The highest BCUT2D eigenvalue weighted by Gasteiger charge is 2.25. The number of rotatable bonds is 3. The summed E-state index contributed by atoms with van der Waals surface area (Å²) in [5.41, 5.74) is 8.77. The van der Waals surface area contributed by atoms with Crippen LogP contribution in [0.25, 0.3) is 66.1 Å². The van der Waals surface area contributed by atoms with E-state index >= 15 is 8.78 Å². The van der Waals surface area contributed by atoms with Crippen LogP contribution >= 0.6 is 0 Å². The molecule has 246 valence electrons. The molecular weight excluding hydrogens is 621 g/mol. The zero-order valence-electron chi connectivity index (χ0n) is 29.1. The van der Waals surface area contributed by atoms with Gasteiger partial charge in [0.25, 0.3) is 0 Å². The summed E-state index contributed by atoms with van der Waals surface area (Å²) in [4.78, 5) is 0. The van der Waals surface area contributed by atoms with Crippen molar-refractivity contribution in [3.8, 4) is 28.6 Å². The van der Waals surface area contributed by atoms with Crippen LogP contribution < -0.4 is 0 Å². The van der Waals surface area contributed by atoms with Gasteiger partial charge >= 0.3 is 0 Å². The third-order valence-corrected chi connectivity index (χ3v) is 9.94. The minimum absolute atomic E-state index is 0.0705. The van der Waals surface area contributed by atoms with Crippen LogP contribution in [0.5, 0.6) is 0 Å². The molecule has 0 aliphatic carbocycles. The topological polar surface area (TPSA) is 33.6 Å². The van der Waals surface area contributed by atoms with Crippen LogP contribution in [0, 0.1) is 23.0 Å². The fourth-order valence-corrected chi connectivity index (χ4v) is 7.42. The van der Waals surface area contributed by atoms with Gasteiger partial charge in [-0.2, -0.15) is 5.26 Å². The van der Waals surface area contributed by atoms with Crippen LogP contribution in [0.1, 0.15) is 58.2 Å². The van der Waals surface area contributed by atoms with Crippen LogP contribution in [0.3, 0.4) is 0 Å². The standard InChI is InChI=1S/C45H37F2N3/c1-44(2,3)29-15-17-39-35(23-29)33-11-7-9-13-37(33)49(39)41-19-27(26-48)20-42(43(41)28-21-31(46)25-32(47)22-28)50-38-14-10-8-12-34(38)36-24-30(45(4,5)6)16-18-40(36)50/h7-25H,1-6H3. The number of hydrogen-bond acceptors (Lipinski definition) is 1. The first-order valence-corrected chi connectivity index (χ1v) is 17.0. The summed E-state index contributed by atoms with van der Waals surface area (Å²) in [5.74, 6) is -1.34. The first kappa shape index (κ1) is 31.5. The van der Waals surface area contributed by atoms with E-state index in [-0.39, 0.29) is 10.8 Å². The van der Waals surface area contributed by atoms with Crippen LogP contribution in [-0.4, -0.2) is 9.13 Å². The summed E-state index contributed by atoms with van der Waals surface area (Å²) in [7, 11) is 0. The van der Waals surface area contributed by atoms with Gasteiger partial charge in [0, 0.05) is 33.2 Å². The van der Waals surface area contributed by atoms with Crippen LogP contribution in [0.15, 0.2) is 115 Å². The molecule has 2 heterocycles. The van der Waals surface area contributed by atoms with E-state index in [2.05, 4.69) is 117 Å². The Kier molecular flexibility index (Phi) is 7.03. The molecule has 0 aliphatic heterocycles. The van der Waals surface area contributed by atoms with Crippen molar-refractivity contribution in [2.24, 2.45) is 0 Å². The molecule has 0 N–H and O–H groups in total. The van der Waals surface area contributed by atoms with Gasteiger partial charge in [0.2, 0.25) is 0 Å². The van der Waals surface area contributed by atoms with Gasteiger partial charge in [0.1, 0.15) is 11.6 Å². The van der Waals surface area contributed by atoms with Crippen LogP contribution in [0.4, 0.5) is 8.78 Å². The number of aromatic nitrogens is 2. The summed E-state index contributed by atoms with van der Waals surface area (Å²) in [6, 6.07) is 39.2. The lowest BCUT2D eigenvalue weighted by atomic mass is 9.86. The predicted octanol–water partition coefficient (Wildman–Crippen LogP) is 12.3. The Labute approximate surface area is 290 Å². The Bertz CT molecular complexity index is 2530. The van der Waals surface area contributed by atoms with E-state index in [1.165, 1.54) is 23.3 Å². The first-order chi connectivity index (χ1) is 23.8. The highest BCUT2D eigenvalue weighted by Crippen LogP contribution is 2.44. The lowest BCUT2D eigenvalue weighted by molar-refractivity contribution is 0.584. The van der Waals surface area contributed by atoms with E-state index < -0.39 is 11.6 Å². The molecule has 8 aromatic rings. The van der Waals surface area contributed by atoms with E-state index in [0.29, 0.717) is 28.1 Å². The first-order valence-electron chi connectivity index (χ1n) is 17.0. The smallest absolute Gasteiger partial charge is 0.126 e. The normalized spacial score (nSPS) is 12.4. The second-order valence-corrected chi connectivity index (χ2v) is 15.3. The molecule has 0 bridgehead atoms. The summed E-state index contributed by atoms with van der Waals surface area (Å²) < 4.78 is 34.7. The maximum absolute atomic E-state index is 15.2. The van der Waals surface area contributed by atoms with Gasteiger partial charge in [-0.25, -0.2) is 8.78 Å². The van der Waals surface area contributed by atoms with Crippen molar-refractivity contribution < 1.29 is 8.78 Å². The molecule has 8 rings (SSSR count). The molecule has 0 saturated heterocycles. The second kappa shape index (κ2) is 11.1. The number of para-hydroxylation sites is 2. The molecule has 0 fully saturated rings. The highest BCUT2D eigenvalue weighted by atomic mass is 19.1. The van der Waals surface area contributed by atoms with E-state index in [1.54, 1.807) is 0 Å². The average molecular weight is 658 g/mol. The predicted molar refractivity (Wildman–Crippen MR) is 203 cm³/mol. The number of hydrogen-bond donors (Lipinski definition) is 0. The maximum Gasteiger partial charge on any atom is 0.126 e. The number of nitriles is 1. The molecule has 5 heteroatoms. The molecule has 3 nitrogen and oxygen atoms in total.